The first-order valence-electron chi connectivity index (χ1n) is 9.22. The number of benzene rings is 2. The second-order valence-corrected chi connectivity index (χ2v) is 6.49. The smallest absolute Gasteiger partial charge is 0.0921 e. The van der Waals surface area contributed by atoms with Crippen molar-refractivity contribution in [3.8, 4) is 23.7 Å². The lowest BCUT2D eigenvalue weighted by Crippen LogP contribution is -2.34. The number of nitrogens with zero attached hydrogens (tertiary/aromatic N) is 2. The molecule has 0 saturated carbocycles. The van der Waals surface area contributed by atoms with E-state index in [2.05, 4.69) is 33.6 Å². The fourth-order valence-electron chi connectivity index (χ4n) is 3.35. The maximum Gasteiger partial charge on any atom is 0.0921 e. The van der Waals surface area contributed by atoms with Crippen LogP contribution in [0.25, 0.3) is 0 Å². The zero-order valence-corrected chi connectivity index (χ0v) is 15.0. The van der Waals surface area contributed by atoms with Crippen molar-refractivity contribution in [2.24, 2.45) is 0 Å². The Balaban J connectivity index is 1.63. The maximum absolute atomic E-state index is 4.16. The molecular weight excluding hydrogens is 328 g/mol. The van der Waals surface area contributed by atoms with E-state index >= 15 is 0 Å². The van der Waals surface area contributed by atoms with Crippen molar-refractivity contribution in [2.45, 2.75) is 24.9 Å². The molecule has 2 heteroatoms. The molecule has 27 heavy (non-hydrogen) atoms. The van der Waals surface area contributed by atoms with E-state index < -0.39 is 0 Å². The zero-order chi connectivity index (χ0) is 18.3. The fraction of sp³-hybridized carbons (Fsp3) is 0.160. The molecule has 1 fully saturated rings. The van der Waals surface area contributed by atoms with Crippen molar-refractivity contribution in [3.05, 3.63) is 96.3 Å². The van der Waals surface area contributed by atoms with Gasteiger partial charge in [0.15, 0.2) is 0 Å². The van der Waals surface area contributed by atoms with E-state index in [1.807, 2.05) is 85.2 Å². The van der Waals surface area contributed by atoms with Crippen molar-refractivity contribution in [2.75, 3.05) is 4.90 Å². The molecule has 0 amide bonds. The molecular formula is C25H20N2. The molecule has 4 rings (SSSR count). The molecule has 1 aliphatic rings. The van der Waals surface area contributed by atoms with Gasteiger partial charge >= 0.3 is 0 Å². The van der Waals surface area contributed by atoms with Crippen LogP contribution in [-0.2, 0) is 0 Å². The standard InChI is InChI=1S/C25H20N2/c1-3-7-21(8-4-1)11-13-23-15-16-24(14-12-22-9-5-2-6-10-22)27(23)25-17-19-26-20-18-25/h1-10,17-20,23-24H,15-16H2/t23-,24-/m1/s1. The molecule has 2 atom stereocenters. The van der Waals surface area contributed by atoms with Crippen molar-refractivity contribution < 1.29 is 0 Å². The molecule has 1 aliphatic heterocycles. The molecule has 1 saturated heterocycles. The highest BCUT2D eigenvalue weighted by Crippen LogP contribution is 2.29. The Morgan fingerprint density at radius 2 is 1.15 bits per heavy atom. The van der Waals surface area contributed by atoms with Gasteiger partial charge < -0.3 is 4.90 Å². The van der Waals surface area contributed by atoms with Crippen LogP contribution in [0.3, 0.4) is 0 Å². The summed E-state index contributed by atoms with van der Waals surface area (Å²) in [6.07, 6.45) is 5.68. The summed E-state index contributed by atoms with van der Waals surface area (Å²) in [6.45, 7) is 0. The number of hydrogen-bond acceptors (Lipinski definition) is 2. The predicted molar refractivity (Wildman–Crippen MR) is 110 cm³/mol. The minimum atomic E-state index is 0.155. The van der Waals surface area contributed by atoms with Crippen LogP contribution in [0.2, 0.25) is 0 Å². The van der Waals surface area contributed by atoms with E-state index in [9.17, 15) is 0 Å². The van der Waals surface area contributed by atoms with Crippen LogP contribution in [0.1, 0.15) is 24.0 Å². The van der Waals surface area contributed by atoms with Gasteiger partial charge in [-0.25, -0.2) is 0 Å². The molecule has 0 spiro atoms. The van der Waals surface area contributed by atoms with Crippen molar-refractivity contribution in [3.63, 3.8) is 0 Å². The lowest BCUT2D eigenvalue weighted by atomic mass is 10.1. The molecule has 1 aromatic heterocycles. The number of aromatic nitrogens is 1. The van der Waals surface area contributed by atoms with Crippen molar-refractivity contribution in [1.29, 1.82) is 0 Å². The molecule has 0 unspecified atom stereocenters. The third-order valence-electron chi connectivity index (χ3n) is 4.66. The summed E-state index contributed by atoms with van der Waals surface area (Å²) >= 11 is 0. The molecule has 0 bridgehead atoms. The summed E-state index contributed by atoms with van der Waals surface area (Å²) in [4.78, 5) is 6.50. The highest BCUT2D eigenvalue weighted by atomic mass is 15.2. The van der Waals surface area contributed by atoms with Crippen LogP contribution in [-0.4, -0.2) is 17.1 Å². The second kappa shape index (κ2) is 8.26. The quantitative estimate of drug-likeness (QED) is 0.601. The van der Waals surface area contributed by atoms with Gasteiger partial charge in [0.05, 0.1) is 12.1 Å². The minimum absolute atomic E-state index is 0.155. The van der Waals surface area contributed by atoms with E-state index in [1.54, 1.807) is 0 Å². The lowest BCUT2D eigenvalue weighted by Gasteiger charge is -2.27. The first kappa shape index (κ1) is 17.0. The Morgan fingerprint density at radius 3 is 1.63 bits per heavy atom. The molecule has 2 nitrogen and oxygen atoms in total. The van der Waals surface area contributed by atoms with Gasteiger partial charge in [0.25, 0.3) is 0 Å². The Kier molecular flexibility index (Phi) is 5.19. The zero-order valence-electron chi connectivity index (χ0n) is 15.0. The maximum atomic E-state index is 4.16. The van der Waals surface area contributed by atoms with Gasteiger partial charge in [0.1, 0.15) is 0 Å². The Labute approximate surface area is 160 Å². The number of anilines is 1. The Morgan fingerprint density at radius 1 is 0.667 bits per heavy atom. The summed E-state index contributed by atoms with van der Waals surface area (Å²) in [6, 6.07) is 24.7. The van der Waals surface area contributed by atoms with Crippen LogP contribution < -0.4 is 4.90 Å². The summed E-state index contributed by atoms with van der Waals surface area (Å²) in [5.41, 5.74) is 3.22. The van der Waals surface area contributed by atoms with E-state index in [1.165, 1.54) is 0 Å². The Bertz CT molecular complexity index is 924. The molecule has 130 valence electrons. The second-order valence-electron chi connectivity index (χ2n) is 6.49. The molecule has 2 heterocycles. The van der Waals surface area contributed by atoms with Gasteiger partial charge in [-0.15, -0.1) is 0 Å². The van der Waals surface area contributed by atoms with Crippen LogP contribution in [0.5, 0.6) is 0 Å². The topological polar surface area (TPSA) is 16.1 Å². The van der Waals surface area contributed by atoms with Crippen LogP contribution in [0.4, 0.5) is 5.69 Å². The number of pyridine rings is 1. The van der Waals surface area contributed by atoms with E-state index in [0.717, 1.165) is 29.7 Å². The average Bonchev–Trinajstić information content (AvgIpc) is 3.16. The van der Waals surface area contributed by atoms with Crippen LogP contribution in [0, 0.1) is 23.7 Å². The third-order valence-corrected chi connectivity index (χ3v) is 4.66. The number of rotatable bonds is 1. The molecule has 0 aliphatic carbocycles. The first-order valence-corrected chi connectivity index (χ1v) is 9.22. The van der Waals surface area contributed by atoms with Gasteiger partial charge in [0.2, 0.25) is 0 Å². The first-order chi connectivity index (χ1) is 13.4. The third kappa shape index (κ3) is 4.20. The van der Waals surface area contributed by atoms with Crippen molar-refractivity contribution >= 4 is 5.69 Å². The summed E-state index contributed by atoms with van der Waals surface area (Å²) in [7, 11) is 0. The summed E-state index contributed by atoms with van der Waals surface area (Å²) in [5, 5.41) is 0. The fourth-order valence-corrected chi connectivity index (χ4v) is 3.35. The highest BCUT2D eigenvalue weighted by Gasteiger charge is 2.31. The molecule has 0 N–H and O–H groups in total. The van der Waals surface area contributed by atoms with Gasteiger partial charge in [-0.3, -0.25) is 4.98 Å². The molecule has 3 aromatic rings. The number of hydrogen-bond donors (Lipinski definition) is 0. The highest BCUT2D eigenvalue weighted by molar-refractivity contribution is 5.54. The average molecular weight is 348 g/mol. The van der Waals surface area contributed by atoms with E-state index in [4.69, 9.17) is 0 Å². The lowest BCUT2D eigenvalue weighted by molar-refractivity contribution is 0.803. The van der Waals surface area contributed by atoms with Gasteiger partial charge in [-0.1, -0.05) is 60.1 Å². The van der Waals surface area contributed by atoms with Crippen molar-refractivity contribution in [1.82, 2.24) is 4.98 Å². The van der Waals surface area contributed by atoms with Gasteiger partial charge in [0, 0.05) is 29.2 Å². The van der Waals surface area contributed by atoms with Crippen LogP contribution >= 0.6 is 0 Å². The van der Waals surface area contributed by atoms with E-state index in [0.29, 0.717) is 0 Å². The largest absolute Gasteiger partial charge is 0.344 e. The minimum Gasteiger partial charge on any atom is -0.344 e. The van der Waals surface area contributed by atoms with Gasteiger partial charge in [-0.2, -0.15) is 0 Å². The van der Waals surface area contributed by atoms with Gasteiger partial charge in [-0.05, 0) is 49.2 Å². The normalized spacial score (nSPS) is 18.1. The Hall–Kier alpha value is -3.49. The summed E-state index contributed by atoms with van der Waals surface area (Å²) in [5.74, 6) is 13.6. The SMILES string of the molecule is C(#C[C@@H]1CC[C@@H](C#Cc2ccccc2)N1c1ccncc1)c1ccccc1. The molecule has 0 radical (unpaired) electrons. The van der Waals surface area contributed by atoms with Crippen LogP contribution in [0.15, 0.2) is 85.2 Å². The predicted octanol–water partition coefficient (Wildman–Crippen LogP) is 4.52. The van der Waals surface area contributed by atoms with E-state index in [-0.39, 0.29) is 12.1 Å². The molecule has 2 aromatic carbocycles. The summed E-state index contributed by atoms with van der Waals surface area (Å²) < 4.78 is 0. The monoisotopic (exact) mass is 348 g/mol.